The van der Waals surface area contributed by atoms with Crippen LogP contribution in [0.25, 0.3) is 0 Å². The molecular formula is C22H33NO6. The van der Waals surface area contributed by atoms with Crippen LogP contribution in [0.3, 0.4) is 0 Å². The summed E-state index contributed by atoms with van der Waals surface area (Å²) in [6.45, 7) is 1.55. The Morgan fingerprint density at radius 2 is 1.79 bits per heavy atom. The molecule has 0 aliphatic heterocycles. The number of aliphatic hydroxyl groups is 1. The first-order valence-corrected chi connectivity index (χ1v) is 10.2. The Labute approximate surface area is 172 Å². The van der Waals surface area contributed by atoms with Crippen molar-refractivity contribution in [2.45, 2.75) is 63.2 Å². The molecule has 1 amide bonds. The molecule has 3 rings (SSSR count). The molecule has 0 saturated heterocycles. The molecule has 1 saturated carbocycles. The number of benzene rings is 1. The van der Waals surface area contributed by atoms with Crippen molar-refractivity contribution in [3.05, 3.63) is 17.2 Å². The summed E-state index contributed by atoms with van der Waals surface area (Å²) in [5.41, 5.74) is 2.25. The molecule has 162 valence electrons. The van der Waals surface area contributed by atoms with Crippen LogP contribution < -0.4 is 19.5 Å². The van der Waals surface area contributed by atoms with E-state index in [1.807, 2.05) is 6.07 Å². The zero-order valence-electron chi connectivity index (χ0n) is 18.0. The minimum absolute atomic E-state index is 0.0307. The quantitative estimate of drug-likeness (QED) is 0.780. The number of nitrogens with one attached hydrogen (secondary N) is 1. The molecule has 2 aliphatic carbocycles. The van der Waals surface area contributed by atoms with Gasteiger partial charge >= 0.3 is 0 Å². The van der Waals surface area contributed by atoms with Crippen LogP contribution in [0.15, 0.2) is 6.07 Å². The maximum absolute atomic E-state index is 11.9. The van der Waals surface area contributed by atoms with E-state index in [-0.39, 0.29) is 29.9 Å². The maximum atomic E-state index is 11.9. The number of methoxy groups -OCH3 is 4. The Hall–Kier alpha value is -1.99. The predicted molar refractivity (Wildman–Crippen MR) is 109 cm³/mol. The number of aryl methyl sites for hydroxylation is 1. The zero-order chi connectivity index (χ0) is 21.1. The van der Waals surface area contributed by atoms with Gasteiger partial charge in [-0.3, -0.25) is 4.79 Å². The van der Waals surface area contributed by atoms with Gasteiger partial charge in [-0.25, -0.2) is 0 Å². The largest absolute Gasteiger partial charge is 0.493 e. The van der Waals surface area contributed by atoms with Crippen LogP contribution in [0, 0.1) is 5.92 Å². The average molecular weight is 408 g/mol. The Kier molecular flexibility index (Phi) is 6.90. The van der Waals surface area contributed by atoms with E-state index in [4.69, 9.17) is 18.9 Å². The number of ether oxygens (including phenoxy) is 4. The molecule has 29 heavy (non-hydrogen) atoms. The fourth-order valence-electron chi connectivity index (χ4n) is 5.23. The molecule has 0 spiro atoms. The van der Waals surface area contributed by atoms with Gasteiger partial charge in [0.2, 0.25) is 11.7 Å². The summed E-state index contributed by atoms with van der Waals surface area (Å²) in [7, 11) is 6.52. The summed E-state index contributed by atoms with van der Waals surface area (Å²) in [6.07, 6.45) is 2.92. The van der Waals surface area contributed by atoms with Gasteiger partial charge in [-0.1, -0.05) is 0 Å². The molecule has 5 atom stereocenters. The number of amides is 1. The Morgan fingerprint density at radius 1 is 1.07 bits per heavy atom. The Bertz CT molecular complexity index is 737. The van der Waals surface area contributed by atoms with Crippen molar-refractivity contribution in [2.75, 3.05) is 28.4 Å². The second-order valence-corrected chi connectivity index (χ2v) is 7.99. The summed E-state index contributed by atoms with van der Waals surface area (Å²) < 4.78 is 22.6. The normalized spacial score (nSPS) is 29.0. The molecule has 0 radical (unpaired) electrons. The van der Waals surface area contributed by atoms with Crippen molar-refractivity contribution in [1.29, 1.82) is 0 Å². The van der Waals surface area contributed by atoms with Crippen LogP contribution in [0.4, 0.5) is 0 Å². The van der Waals surface area contributed by atoms with Gasteiger partial charge < -0.3 is 29.4 Å². The average Bonchev–Trinajstić information content (AvgIpc) is 2.95. The lowest BCUT2D eigenvalue weighted by Gasteiger charge is -2.33. The van der Waals surface area contributed by atoms with Crippen molar-refractivity contribution in [3.8, 4) is 17.2 Å². The summed E-state index contributed by atoms with van der Waals surface area (Å²) in [5, 5.41) is 13.9. The summed E-state index contributed by atoms with van der Waals surface area (Å²) >= 11 is 0. The summed E-state index contributed by atoms with van der Waals surface area (Å²) in [5.74, 6) is 2.03. The SMILES string of the molecule is COc1cc2c(c(OC)c1OC)C1CCC(OC)C(O)CC1C(NC(C)=O)CC2. The first-order chi connectivity index (χ1) is 13.9. The minimum atomic E-state index is -0.570. The lowest BCUT2D eigenvalue weighted by atomic mass is 9.77. The van der Waals surface area contributed by atoms with Gasteiger partial charge in [0.1, 0.15) is 0 Å². The Morgan fingerprint density at radius 3 is 2.38 bits per heavy atom. The number of carbonyl (C=O) groups is 1. The first kappa shape index (κ1) is 21.7. The van der Waals surface area contributed by atoms with Crippen LogP contribution >= 0.6 is 0 Å². The molecule has 1 fully saturated rings. The monoisotopic (exact) mass is 407 g/mol. The second-order valence-electron chi connectivity index (χ2n) is 7.99. The third kappa shape index (κ3) is 4.16. The molecule has 2 N–H and O–H groups in total. The van der Waals surface area contributed by atoms with Crippen LogP contribution in [-0.4, -0.2) is 57.7 Å². The van der Waals surface area contributed by atoms with E-state index in [1.54, 1.807) is 35.4 Å². The highest BCUT2D eigenvalue weighted by Crippen LogP contribution is 2.52. The van der Waals surface area contributed by atoms with E-state index in [0.717, 1.165) is 36.8 Å². The molecule has 0 bridgehead atoms. The van der Waals surface area contributed by atoms with Crippen LogP contribution in [0.1, 0.15) is 49.7 Å². The number of rotatable bonds is 5. The van der Waals surface area contributed by atoms with Crippen LogP contribution in [-0.2, 0) is 16.0 Å². The zero-order valence-corrected chi connectivity index (χ0v) is 18.0. The molecule has 7 nitrogen and oxygen atoms in total. The number of fused-ring (bicyclic) bond motifs is 3. The highest BCUT2D eigenvalue weighted by Gasteiger charge is 2.42. The first-order valence-electron chi connectivity index (χ1n) is 10.2. The van der Waals surface area contributed by atoms with Gasteiger partial charge in [0.15, 0.2) is 11.5 Å². The highest BCUT2D eigenvalue weighted by atomic mass is 16.5. The van der Waals surface area contributed by atoms with Gasteiger partial charge in [-0.15, -0.1) is 0 Å². The molecule has 0 aromatic heterocycles. The molecule has 0 heterocycles. The van der Waals surface area contributed by atoms with E-state index in [2.05, 4.69) is 5.32 Å². The molecular weight excluding hydrogens is 374 g/mol. The molecule has 7 heteroatoms. The summed E-state index contributed by atoms with van der Waals surface area (Å²) in [6, 6.07) is 2.00. The minimum Gasteiger partial charge on any atom is -0.493 e. The standard InChI is InChI=1S/C22H33NO6/c1-12(24)23-16-8-6-13-10-19(27-3)21(28-4)22(29-5)20(13)14-7-9-18(26-2)17(25)11-15(14)16/h10,14-18,25H,6-9,11H2,1-5H3,(H,23,24). The lowest BCUT2D eigenvalue weighted by Crippen LogP contribution is -2.42. The predicted octanol–water partition coefficient (Wildman–Crippen LogP) is 2.42. The number of hydrogen-bond acceptors (Lipinski definition) is 6. The van der Waals surface area contributed by atoms with Gasteiger partial charge in [0, 0.05) is 25.6 Å². The van der Waals surface area contributed by atoms with Crippen molar-refractivity contribution < 1.29 is 28.8 Å². The fourth-order valence-corrected chi connectivity index (χ4v) is 5.23. The maximum Gasteiger partial charge on any atom is 0.217 e. The van der Waals surface area contributed by atoms with Crippen molar-refractivity contribution >= 4 is 5.91 Å². The number of aliphatic hydroxyl groups excluding tert-OH is 1. The smallest absolute Gasteiger partial charge is 0.217 e. The molecule has 2 aliphatic rings. The van der Waals surface area contributed by atoms with E-state index < -0.39 is 6.10 Å². The highest BCUT2D eigenvalue weighted by molar-refractivity contribution is 5.73. The van der Waals surface area contributed by atoms with Crippen molar-refractivity contribution in [1.82, 2.24) is 5.32 Å². The van der Waals surface area contributed by atoms with E-state index >= 15 is 0 Å². The number of carbonyl (C=O) groups excluding carboxylic acids is 1. The van der Waals surface area contributed by atoms with E-state index in [0.29, 0.717) is 23.7 Å². The molecule has 5 unspecified atom stereocenters. The van der Waals surface area contributed by atoms with Gasteiger partial charge in [-0.2, -0.15) is 0 Å². The Balaban J connectivity index is 2.16. The topological polar surface area (TPSA) is 86.2 Å². The van der Waals surface area contributed by atoms with Crippen LogP contribution in [0.5, 0.6) is 17.2 Å². The van der Waals surface area contributed by atoms with Crippen LogP contribution in [0.2, 0.25) is 0 Å². The van der Waals surface area contributed by atoms with Gasteiger partial charge in [-0.05, 0) is 55.6 Å². The number of hydrogen-bond donors (Lipinski definition) is 2. The third-order valence-electron chi connectivity index (χ3n) is 6.48. The van der Waals surface area contributed by atoms with E-state index in [9.17, 15) is 9.90 Å². The molecule has 1 aromatic rings. The van der Waals surface area contributed by atoms with Gasteiger partial charge in [0.25, 0.3) is 0 Å². The third-order valence-corrected chi connectivity index (χ3v) is 6.48. The molecule has 1 aromatic carbocycles. The van der Waals surface area contributed by atoms with Crippen molar-refractivity contribution in [2.24, 2.45) is 5.92 Å². The van der Waals surface area contributed by atoms with E-state index in [1.165, 1.54) is 0 Å². The van der Waals surface area contributed by atoms with Gasteiger partial charge in [0.05, 0.1) is 33.5 Å². The van der Waals surface area contributed by atoms with Crippen molar-refractivity contribution in [3.63, 3.8) is 0 Å². The fraction of sp³-hybridized carbons (Fsp3) is 0.682. The lowest BCUT2D eigenvalue weighted by molar-refractivity contribution is -0.120. The summed E-state index contributed by atoms with van der Waals surface area (Å²) in [4.78, 5) is 11.9. The second kappa shape index (κ2) is 9.22.